The fraction of sp³-hybridized carbons (Fsp3) is 0.385. The normalized spacial score (nSPS) is 11.3. The van der Waals surface area contributed by atoms with Gasteiger partial charge in [-0.2, -0.15) is 0 Å². The lowest BCUT2D eigenvalue weighted by molar-refractivity contribution is 0.0928. The average molecular weight is 423 g/mol. The molecule has 0 fully saturated rings. The van der Waals surface area contributed by atoms with Crippen molar-refractivity contribution in [3.05, 3.63) is 22.3 Å². The summed E-state index contributed by atoms with van der Waals surface area (Å²) in [5.41, 5.74) is 0.0553. The second-order valence-electron chi connectivity index (χ2n) is 4.42. The van der Waals surface area contributed by atoms with Gasteiger partial charge in [-0.1, -0.05) is 15.9 Å². The van der Waals surface area contributed by atoms with Gasteiger partial charge in [0, 0.05) is 16.4 Å². The summed E-state index contributed by atoms with van der Waals surface area (Å²) >= 11 is 4.02. The lowest BCUT2D eigenvalue weighted by Gasteiger charge is -2.11. The van der Waals surface area contributed by atoms with E-state index in [-0.39, 0.29) is 12.3 Å². The Morgan fingerprint density at radius 2 is 2.12 bits per heavy atom. The predicted octanol–water partition coefficient (Wildman–Crippen LogP) is 2.39. The molecule has 3 N–H and O–H groups in total. The maximum absolute atomic E-state index is 12.4. The first kappa shape index (κ1) is 20.2. The molecule has 8 nitrogen and oxygen atoms in total. The largest absolute Gasteiger partial charge is 0.450 e. The minimum atomic E-state index is -0.877. The van der Waals surface area contributed by atoms with Gasteiger partial charge in [0.25, 0.3) is 5.91 Å². The van der Waals surface area contributed by atoms with Crippen LogP contribution in [0, 0.1) is 0 Å². The molecule has 0 aromatic carbocycles. The van der Waals surface area contributed by atoms with Crippen molar-refractivity contribution in [2.75, 3.05) is 13.3 Å². The highest BCUT2D eigenvalue weighted by molar-refractivity contribution is 9.10. The molecule has 4 amide bonds. The minimum Gasteiger partial charge on any atom is -0.450 e. The third-order valence-corrected chi connectivity index (χ3v) is 3.51. The van der Waals surface area contributed by atoms with Crippen LogP contribution in [0.4, 0.5) is 14.0 Å². The van der Waals surface area contributed by atoms with E-state index in [2.05, 4.69) is 35.7 Å². The van der Waals surface area contributed by atoms with Crippen molar-refractivity contribution >= 4 is 45.9 Å². The van der Waals surface area contributed by atoms with Crippen LogP contribution in [0.2, 0.25) is 0 Å². The Morgan fingerprint density at radius 1 is 1.42 bits per heavy atom. The van der Waals surface area contributed by atoms with Crippen LogP contribution in [-0.4, -0.2) is 42.3 Å². The zero-order valence-electron chi connectivity index (χ0n) is 12.9. The first-order chi connectivity index (χ1) is 11.3. The molecular formula is C13H16BrFN4O4S. The maximum Gasteiger partial charge on any atom is 0.415 e. The van der Waals surface area contributed by atoms with Crippen molar-refractivity contribution in [1.29, 1.82) is 0 Å². The summed E-state index contributed by atoms with van der Waals surface area (Å²) in [6.45, 7) is 2.56. The number of imide groups is 1. The number of urea groups is 1. The number of nitrogens with zero attached hydrogens (tertiary/aromatic N) is 1. The van der Waals surface area contributed by atoms with Gasteiger partial charge in [-0.15, -0.1) is 0 Å². The smallest absolute Gasteiger partial charge is 0.415 e. The Kier molecular flexibility index (Phi) is 8.47. The summed E-state index contributed by atoms with van der Waals surface area (Å²) in [5, 5.41) is 4.68. The maximum atomic E-state index is 12.4. The number of rotatable bonds is 6. The molecule has 11 heteroatoms. The molecule has 0 saturated heterocycles. The summed E-state index contributed by atoms with van der Waals surface area (Å²) in [4.78, 5) is 38.6. The van der Waals surface area contributed by atoms with Crippen LogP contribution < -0.4 is 15.4 Å². The second kappa shape index (κ2) is 10.1. The third-order valence-electron chi connectivity index (χ3n) is 2.35. The molecule has 0 radical (unpaired) electrons. The summed E-state index contributed by atoms with van der Waals surface area (Å²) < 4.78 is 19.9. The van der Waals surface area contributed by atoms with Crippen molar-refractivity contribution in [1.82, 2.24) is 20.3 Å². The van der Waals surface area contributed by atoms with E-state index in [1.165, 1.54) is 13.0 Å². The third kappa shape index (κ3) is 7.13. The first-order valence-electron chi connectivity index (χ1n) is 6.80. The van der Waals surface area contributed by atoms with Gasteiger partial charge < -0.3 is 10.1 Å². The molecule has 1 aromatic heterocycles. The molecule has 24 heavy (non-hydrogen) atoms. The van der Waals surface area contributed by atoms with E-state index in [0.717, 1.165) is 11.9 Å². The van der Waals surface area contributed by atoms with Crippen molar-refractivity contribution in [2.24, 2.45) is 0 Å². The van der Waals surface area contributed by atoms with Crippen LogP contribution in [0.1, 0.15) is 24.3 Å². The monoisotopic (exact) mass is 422 g/mol. The molecule has 1 aromatic rings. The summed E-state index contributed by atoms with van der Waals surface area (Å²) in [6, 6.07) is 1.59. The second-order valence-corrected chi connectivity index (χ2v) is 6.16. The number of pyridine rings is 1. The van der Waals surface area contributed by atoms with Gasteiger partial charge >= 0.3 is 12.1 Å². The van der Waals surface area contributed by atoms with E-state index in [4.69, 9.17) is 0 Å². The molecule has 132 valence electrons. The van der Waals surface area contributed by atoms with E-state index in [9.17, 15) is 18.8 Å². The van der Waals surface area contributed by atoms with Crippen LogP contribution in [-0.2, 0) is 4.74 Å². The fourth-order valence-electron chi connectivity index (χ4n) is 1.36. The number of alkyl carbamates (subject to hydrolysis) is 1. The highest BCUT2D eigenvalue weighted by atomic mass is 79.9. The van der Waals surface area contributed by atoms with Gasteiger partial charge in [-0.3, -0.25) is 9.52 Å². The van der Waals surface area contributed by atoms with E-state index >= 15 is 0 Å². The number of hydrogen-bond donors (Lipinski definition) is 3. The van der Waals surface area contributed by atoms with Crippen LogP contribution in [0.3, 0.4) is 0 Å². The number of aromatic nitrogens is 1. The summed E-state index contributed by atoms with van der Waals surface area (Å²) in [6.07, 6.45) is -0.877. The van der Waals surface area contributed by atoms with E-state index in [1.807, 2.05) is 5.32 Å². The highest BCUT2D eigenvalue weighted by Gasteiger charge is 2.14. The van der Waals surface area contributed by atoms with Gasteiger partial charge in [-0.25, -0.2) is 24.3 Å². The molecule has 1 rings (SSSR count). The van der Waals surface area contributed by atoms with E-state index in [1.54, 1.807) is 13.0 Å². The number of ether oxygens (including phenoxy) is 1. The van der Waals surface area contributed by atoms with Crippen molar-refractivity contribution in [3.63, 3.8) is 0 Å². The zero-order chi connectivity index (χ0) is 18.1. The topological polar surface area (TPSA) is 109 Å². The minimum absolute atomic E-state index is 0.0553. The molecule has 0 aliphatic rings. The van der Waals surface area contributed by atoms with Gasteiger partial charge in [0.05, 0.1) is 12.6 Å². The molecule has 0 bridgehead atoms. The number of carbonyl (C=O) groups is 3. The van der Waals surface area contributed by atoms with Gasteiger partial charge in [0.15, 0.2) is 0 Å². The molecular weight excluding hydrogens is 407 g/mol. The number of carbonyl (C=O) groups excluding carboxylic acids is 3. The lowest BCUT2D eigenvalue weighted by atomic mass is 10.3. The van der Waals surface area contributed by atoms with Crippen molar-refractivity contribution in [2.45, 2.75) is 24.9 Å². The highest BCUT2D eigenvalue weighted by Crippen LogP contribution is 2.19. The SMILES string of the molecule is CCOC(=O)NC(=O)NSc1cc(Br)cc(C(=O)NC(C)CF)n1. The Bertz CT molecular complexity index is 620. The molecule has 1 heterocycles. The predicted molar refractivity (Wildman–Crippen MR) is 89.4 cm³/mol. The molecule has 0 aliphatic heterocycles. The Labute approximate surface area is 150 Å². The Balaban J connectivity index is 2.67. The van der Waals surface area contributed by atoms with Gasteiger partial charge in [0.1, 0.15) is 17.4 Å². The number of hydrogen-bond acceptors (Lipinski definition) is 6. The molecule has 0 saturated carbocycles. The quantitative estimate of drug-likeness (QED) is 0.607. The number of nitrogens with one attached hydrogen (secondary N) is 3. The first-order valence-corrected chi connectivity index (χ1v) is 8.41. The molecule has 1 unspecified atom stereocenters. The molecule has 0 spiro atoms. The number of halogens is 2. The van der Waals surface area contributed by atoms with Gasteiger partial charge in [-0.05, 0) is 26.0 Å². The molecule has 1 atom stereocenters. The van der Waals surface area contributed by atoms with Crippen LogP contribution in [0.15, 0.2) is 21.6 Å². The molecule has 0 aliphatic carbocycles. The average Bonchev–Trinajstić information content (AvgIpc) is 2.52. The summed E-state index contributed by atoms with van der Waals surface area (Å²) in [5.74, 6) is -0.542. The summed E-state index contributed by atoms with van der Waals surface area (Å²) in [7, 11) is 0. The lowest BCUT2D eigenvalue weighted by Crippen LogP contribution is -2.36. The van der Waals surface area contributed by atoms with E-state index in [0.29, 0.717) is 9.50 Å². The number of amides is 4. The van der Waals surface area contributed by atoms with Crippen LogP contribution >= 0.6 is 27.9 Å². The zero-order valence-corrected chi connectivity index (χ0v) is 15.3. The van der Waals surface area contributed by atoms with E-state index < -0.39 is 30.7 Å². The van der Waals surface area contributed by atoms with Crippen molar-refractivity contribution < 1.29 is 23.5 Å². The van der Waals surface area contributed by atoms with Crippen LogP contribution in [0.5, 0.6) is 0 Å². The van der Waals surface area contributed by atoms with Gasteiger partial charge in [0.2, 0.25) is 0 Å². The number of alkyl halides is 1. The van der Waals surface area contributed by atoms with Crippen molar-refractivity contribution in [3.8, 4) is 0 Å². The standard InChI is InChI=1S/C13H16BrFN4O4S/c1-3-23-13(22)18-12(21)19-24-10-5-8(14)4-9(17-10)11(20)16-7(2)6-15/h4-5,7H,3,6H2,1-2H3,(H,16,20)(H2,18,19,21,22). The Hall–Kier alpha value is -1.88. The van der Waals surface area contributed by atoms with Crippen LogP contribution in [0.25, 0.3) is 0 Å². The Morgan fingerprint density at radius 3 is 2.75 bits per heavy atom. The fourth-order valence-corrected chi connectivity index (χ4v) is 2.53.